The molecule has 0 spiro atoms. The number of nitrogens with zero attached hydrogens (tertiary/aromatic N) is 1. The van der Waals surface area contributed by atoms with Crippen LogP contribution in [0, 0.1) is 5.82 Å². The Balaban J connectivity index is 1.83. The molecule has 3 rings (SSSR count). The molecule has 0 fully saturated rings. The Morgan fingerprint density at radius 2 is 1.81 bits per heavy atom. The van der Waals surface area contributed by atoms with Gasteiger partial charge >= 0.3 is 18.2 Å². The Labute approximate surface area is 183 Å². The van der Waals surface area contributed by atoms with Crippen molar-refractivity contribution in [3.63, 3.8) is 0 Å². The first-order valence-corrected chi connectivity index (χ1v) is 10.0. The minimum Gasteiger partial charge on any atom is -0.466 e. The molecule has 0 saturated carbocycles. The fourth-order valence-electron chi connectivity index (χ4n) is 2.81. The lowest BCUT2D eigenvalue weighted by Gasteiger charge is -2.30. The molecule has 7 nitrogen and oxygen atoms in total. The van der Waals surface area contributed by atoms with E-state index in [0.717, 1.165) is 35.6 Å². The number of aromatic nitrogens is 1. The highest BCUT2D eigenvalue weighted by Crippen LogP contribution is 2.43. The summed E-state index contributed by atoms with van der Waals surface area (Å²) in [6.45, 7) is 1.31. The number of thiazole rings is 1. The van der Waals surface area contributed by atoms with Gasteiger partial charge in [0.1, 0.15) is 5.82 Å². The first-order valence-electron chi connectivity index (χ1n) is 9.21. The Morgan fingerprint density at radius 3 is 2.44 bits per heavy atom. The SMILES string of the molecule is CCOC(=O)CC(O)(c1ccc2nc(NC(=O)Nc3ccc(F)cc3)sc2c1)C(F)(F)F. The zero-order valence-corrected chi connectivity index (χ0v) is 17.3. The third-order valence-electron chi connectivity index (χ3n) is 4.36. The molecule has 170 valence electrons. The maximum atomic E-state index is 13.6. The number of hydrogen-bond donors (Lipinski definition) is 3. The maximum absolute atomic E-state index is 13.6. The minimum atomic E-state index is -5.14. The predicted molar refractivity (Wildman–Crippen MR) is 110 cm³/mol. The monoisotopic (exact) mass is 471 g/mol. The molecule has 1 unspecified atom stereocenters. The van der Waals surface area contributed by atoms with E-state index >= 15 is 0 Å². The summed E-state index contributed by atoms with van der Waals surface area (Å²) in [6.07, 6.45) is -6.45. The van der Waals surface area contributed by atoms with Gasteiger partial charge in [0.2, 0.25) is 0 Å². The van der Waals surface area contributed by atoms with E-state index < -0.39 is 41.6 Å². The average Bonchev–Trinajstić information content (AvgIpc) is 3.10. The lowest BCUT2D eigenvalue weighted by atomic mass is 9.89. The quantitative estimate of drug-likeness (QED) is 0.355. The third kappa shape index (κ3) is 5.14. The fourth-order valence-corrected chi connectivity index (χ4v) is 3.72. The van der Waals surface area contributed by atoms with Crippen LogP contribution in [0.15, 0.2) is 42.5 Å². The van der Waals surface area contributed by atoms with Crippen molar-refractivity contribution in [1.29, 1.82) is 0 Å². The lowest BCUT2D eigenvalue weighted by Crippen LogP contribution is -2.44. The van der Waals surface area contributed by atoms with Crippen LogP contribution in [-0.2, 0) is 15.1 Å². The van der Waals surface area contributed by atoms with Gasteiger partial charge in [-0.05, 0) is 48.9 Å². The standard InChI is InChI=1S/C20H17F4N3O4S/c1-2-31-16(28)10-19(30,20(22,23)24)11-3-8-14-15(9-11)32-18(26-14)27-17(29)25-13-6-4-12(21)5-7-13/h3-9,30H,2,10H2,1H3,(H2,25,26,27,29). The number of halogens is 4. The van der Waals surface area contributed by atoms with Crippen LogP contribution in [0.2, 0.25) is 0 Å². The molecule has 32 heavy (non-hydrogen) atoms. The van der Waals surface area contributed by atoms with Crippen LogP contribution in [0.3, 0.4) is 0 Å². The molecule has 2 aromatic carbocycles. The first kappa shape index (κ1) is 23.4. The summed E-state index contributed by atoms with van der Waals surface area (Å²) in [4.78, 5) is 27.9. The number of ether oxygens (including phenoxy) is 1. The van der Waals surface area contributed by atoms with E-state index in [4.69, 9.17) is 0 Å². The number of amides is 2. The Kier molecular flexibility index (Phi) is 6.65. The third-order valence-corrected chi connectivity index (χ3v) is 5.30. The highest BCUT2D eigenvalue weighted by atomic mass is 32.1. The molecule has 3 N–H and O–H groups in total. The first-order chi connectivity index (χ1) is 15.0. The molecule has 3 aromatic rings. The van der Waals surface area contributed by atoms with Crippen LogP contribution in [-0.4, -0.2) is 34.9 Å². The minimum absolute atomic E-state index is 0.0812. The molecule has 1 aromatic heterocycles. The van der Waals surface area contributed by atoms with Crippen molar-refractivity contribution in [2.75, 3.05) is 17.2 Å². The van der Waals surface area contributed by atoms with E-state index in [-0.39, 0.29) is 22.0 Å². The summed E-state index contributed by atoms with van der Waals surface area (Å²) in [7, 11) is 0. The second kappa shape index (κ2) is 9.09. The van der Waals surface area contributed by atoms with Crippen LogP contribution in [0.4, 0.5) is 33.2 Å². The molecule has 12 heteroatoms. The van der Waals surface area contributed by atoms with Gasteiger partial charge in [0, 0.05) is 5.69 Å². The summed E-state index contributed by atoms with van der Waals surface area (Å²) in [5.74, 6) is -1.67. The number of alkyl halides is 3. The number of anilines is 2. The van der Waals surface area contributed by atoms with E-state index in [0.29, 0.717) is 5.69 Å². The van der Waals surface area contributed by atoms with Crippen LogP contribution < -0.4 is 10.6 Å². The number of hydrogen-bond acceptors (Lipinski definition) is 6. The summed E-state index contributed by atoms with van der Waals surface area (Å²) in [5, 5.41) is 15.3. The van der Waals surface area contributed by atoms with Gasteiger partial charge in [-0.1, -0.05) is 17.4 Å². The zero-order valence-electron chi connectivity index (χ0n) is 16.5. The largest absolute Gasteiger partial charge is 0.466 e. The fraction of sp³-hybridized carbons (Fsp3) is 0.250. The molecule has 1 heterocycles. The molecule has 1 atom stereocenters. The van der Waals surface area contributed by atoms with Crippen molar-refractivity contribution in [1.82, 2.24) is 4.98 Å². The molecule has 0 aliphatic heterocycles. The molecule has 0 saturated heterocycles. The Bertz CT molecular complexity index is 1130. The summed E-state index contributed by atoms with van der Waals surface area (Å²) in [5.41, 5.74) is -3.42. The summed E-state index contributed by atoms with van der Waals surface area (Å²) < 4.78 is 58.7. The molecule has 0 radical (unpaired) electrons. The summed E-state index contributed by atoms with van der Waals surface area (Å²) >= 11 is 0.871. The van der Waals surface area contributed by atoms with Crippen molar-refractivity contribution >= 4 is 44.4 Å². The lowest BCUT2D eigenvalue weighted by molar-refractivity contribution is -0.269. The van der Waals surface area contributed by atoms with Crippen LogP contribution >= 0.6 is 11.3 Å². The highest BCUT2D eigenvalue weighted by Gasteiger charge is 2.56. The number of nitrogens with one attached hydrogen (secondary N) is 2. The van der Waals surface area contributed by atoms with E-state index in [2.05, 4.69) is 20.4 Å². The van der Waals surface area contributed by atoms with Crippen LogP contribution in [0.5, 0.6) is 0 Å². The number of benzene rings is 2. The molecule has 0 aliphatic carbocycles. The van der Waals surface area contributed by atoms with Crippen molar-refractivity contribution in [3.05, 3.63) is 53.8 Å². The van der Waals surface area contributed by atoms with E-state index in [1.54, 1.807) is 0 Å². The number of urea groups is 1. The molecular weight excluding hydrogens is 454 g/mol. The highest BCUT2D eigenvalue weighted by molar-refractivity contribution is 7.22. The van der Waals surface area contributed by atoms with Crippen molar-refractivity contribution in [3.8, 4) is 0 Å². The number of carbonyl (C=O) groups is 2. The van der Waals surface area contributed by atoms with Crippen molar-refractivity contribution in [2.45, 2.75) is 25.1 Å². The number of aliphatic hydroxyl groups is 1. The van der Waals surface area contributed by atoms with Crippen LogP contribution in [0.1, 0.15) is 18.9 Å². The predicted octanol–water partition coefficient (Wildman–Crippen LogP) is 4.78. The topological polar surface area (TPSA) is 101 Å². The van der Waals surface area contributed by atoms with Crippen molar-refractivity contribution < 1.29 is 37.0 Å². The number of esters is 1. The number of carbonyl (C=O) groups excluding carboxylic acids is 2. The van der Waals surface area contributed by atoms with Crippen LogP contribution in [0.25, 0.3) is 10.2 Å². The van der Waals surface area contributed by atoms with E-state index in [1.807, 2.05) is 0 Å². The van der Waals surface area contributed by atoms with Gasteiger partial charge in [-0.15, -0.1) is 0 Å². The molecule has 2 amide bonds. The Morgan fingerprint density at radius 1 is 1.12 bits per heavy atom. The number of fused-ring (bicyclic) bond motifs is 1. The van der Waals surface area contributed by atoms with Gasteiger partial charge in [0.05, 0.1) is 23.2 Å². The van der Waals surface area contributed by atoms with E-state index in [9.17, 15) is 32.3 Å². The van der Waals surface area contributed by atoms with Crippen molar-refractivity contribution in [2.24, 2.45) is 0 Å². The molecule has 0 aliphatic rings. The number of rotatable bonds is 6. The Hall–Kier alpha value is -3.25. The van der Waals surface area contributed by atoms with Gasteiger partial charge in [-0.3, -0.25) is 10.1 Å². The van der Waals surface area contributed by atoms with Gasteiger partial charge in [-0.2, -0.15) is 13.2 Å². The van der Waals surface area contributed by atoms with Gasteiger partial charge in [-0.25, -0.2) is 14.2 Å². The zero-order chi connectivity index (χ0) is 23.5. The second-order valence-electron chi connectivity index (χ2n) is 6.63. The molecular formula is C20H17F4N3O4S. The maximum Gasteiger partial charge on any atom is 0.422 e. The van der Waals surface area contributed by atoms with Gasteiger partial charge < -0.3 is 15.2 Å². The van der Waals surface area contributed by atoms with Gasteiger partial charge in [0.15, 0.2) is 10.7 Å². The average molecular weight is 471 g/mol. The molecule has 0 bridgehead atoms. The smallest absolute Gasteiger partial charge is 0.422 e. The van der Waals surface area contributed by atoms with E-state index in [1.165, 1.54) is 25.1 Å². The van der Waals surface area contributed by atoms with Gasteiger partial charge in [0.25, 0.3) is 0 Å². The second-order valence-corrected chi connectivity index (χ2v) is 7.66. The normalized spacial score (nSPS) is 13.4. The summed E-state index contributed by atoms with van der Waals surface area (Å²) in [6, 6.07) is 7.64.